The average Bonchev–Trinajstić information content (AvgIpc) is 3.08. The number of nitrogens with zero attached hydrogens (tertiary/aromatic N) is 3. The molecule has 0 N–H and O–H groups in total. The Morgan fingerprint density at radius 1 is 0.500 bits per heavy atom. The number of halogens is 3. The van der Waals surface area contributed by atoms with Crippen molar-refractivity contribution in [1.29, 1.82) is 0 Å². The number of benzene rings is 3. The minimum atomic E-state index is -0.367. The van der Waals surface area contributed by atoms with Crippen LogP contribution in [-0.2, 0) is 0 Å². The molecule has 26 heavy (non-hydrogen) atoms. The summed E-state index contributed by atoms with van der Waals surface area (Å²) >= 11 is 0. The van der Waals surface area contributed by atoms with Gasteiger partial charge in [0.25, 0.3) is 0 Å². The molecule has 0 amide bonds. The van der Waals surface area contributed by atoms with E-state index in [0.717, 1.165) is 0 Å². The lowest BCUT2D eigenvalue weighted by atomic mass is 10.1. The van der Waals surface area contributed by atoms with Gasteiger partial charge in [-0.3, -0.25) is 4.57 Å². The largest absolute Gasteiger partial charge is 0.275 e. The van der Waals surface area contributed by atoms with Gasteiger partial charge >= 0.3 is 0 Å². The monoisotopic (exact) mass is 351 g/mol. The highest BCUT2D eigenvalue weighted by molar-refractivity contribution is 5.66. The van der Waals surface area contributed by atoms with Crippen LogP contribution in [0, 0.1) is 17.5 Å². The van der Waals surface area contributed by atoms with E-state index in [-0.39, 0.29) is 17.5 Å². The van der Waals surface area contributed by atoms with Crippen LogP contribution in [-0.4, -0.2) is 14.8 Å². The second kappa shape index (κ2) is 6.48. The molecule has 0 fully saturated rings. The van der Waals surface area contributed by atoms with Crippen molar-refractivity contribution >= 4 is 0 Å². The van der Waals surface area contributed by atoms with Gasteiger partial charge in [0.15, 0.2) is 11.6 Å². The van der Waals surface area contributed by atoms with Gasteiger partial charge < -0.3 is 0 Å². The number of hydrogen-bond acceptors (Lipinski definition) is 2. The molecule has 0 aliphatic rings. The molecule has 0 saturated carbocycles. The van der Waals surface area contributed by atoms with Crippen LogP contribution in [0.5, 0.6) is 0 Å². The summed E-state index contributed by atoms with van der Waals surface area (Å²) < 4.78 is 41.6. The topological polar surface area (TPSA) is 30.7 Å². The molecule has 3 nitrogen and oxygen atoms in total. The molecule has 4 rings (SSSR count). The summed E-state index contributed by atoms with van der Waals surface area (Å²) in [6, 6.07) is 17.5. The van der Waals surface area contributed by atoms with E-state index in [1.807, 2.05) is 0 Å². The minimum Gasteiger partial charge on any atom is -0.275 e. The Labute approximate surface area is 147 Å². The van der Waals surface area contributed by atoms with E-state index in [2.05, 4.69) is 10.2 Å². The highest BCUT2D eigenvalue weighted by atomic mass is 19.1. The lowest BCUT2D eigenvalue weighted by Gasteiger charge is -2.11. The first-order chi connectivity index (χ1) is 12.6. The molecule has 0 saturated heterocycles. The average molecular weight is 351 g/mol. The van der Waals surface area contributed by atoms with E-state index in [9.17, 15) is 13.2 Å². The molecule has 6 heteroatoms. The van der Waals surface area contributed by atoms with Gasteiger partial charge in [-0.05, 0) is 72.8 Å². The van der Waals surface area contributed by atoms with Gasteiger partial charge in [0.2, 0.25) is 0 Å². The minimum absolute atomic E-state index is 0.361. The summed E-state index contributed by atoms with van der Waals surface area (Å²) in [6.45, 7) is 0. The molecule has 1 aromatic heterocycles. The lowest BCUT2D eigenvalue weighted by molar-refractivity contribution is 0.627. The maximum Gasteiger partial charge on any atom is 0.168 e. The second-order valence-electron chi connectivity index (χ2n) is 5.67. The number of aromatic nitrogens is 3. The summed E-state index contributed by atoms with van der Waals surface area (Å²) in [7, 11) is 0. The predicted octanol–water partition coefficient (Wildman–Crippen LogP) is 5.02. The van der Waals surface area contributed by atoms with Crippen molar-refractivity contribution in [1.82, 2.24) is 14.8 Å². The third kappa shape index (κ3) is 2.97. The fourth-order valence-corrected chi connectivity index (χ4v) is 2.69. The van der Waals surface area contributed by atoms with E-state index >= 15 is 0 Å². The Balaban J connectivity index is 1.93. The van der Waals surface area contributed by atoms with E-state index in [4.69, 9.17) is 0 Å². The van der Waals surface area contributed by atoms with Crippen molar-refractivity contribution < 1.29 is 13.2 Å². The summed E-state index contributed by atoms with van der Waals surface area (Å²) in [6.07, 6.45) is 0. The SMILES string of the molecule is Fc1ccc(-c2nnc(-c3ccc(F)cc3)n2-c2ccc(F)cc2)cc1. The van der Waals surface area contributed by atoms with E-state index in [1.165, 1.54) is 36.4 Å². The Morgan fingerprint density at radius 2 is 0.846 bits per heavy atom. The maximum atomic E-state index is 13.3. The highest BCUT2D eigenvalue weighted by Crippen LogP contribution is 2.28. The zero-order chi connectivity index (χ0) is 18.1. The molecule has 4 aromatic rings. The van der Waals surface area contributed by atoms with Gasteiger partial charge in [0.1, 0.15) is 17.5 Å². The van der Waals surface area contributed by atoms with Crippen LogP contribution >= 0.6 is 0 Å². The zero-order valence-corrected chi connectivity index (χ0v) is 13.4. The zero-order valence-electron chi connectivity index (χ0n) is 13.4. The fraction of sp³-hybridized carbons (Fsp3) is 0. The van der Waals surface area contributed by atoms with Gasteiger partial charge in [0, 0.05) is 16.8 Å². The van der Waals surface area contributed by atoms with E-state index in [0.29, 0.717) is 28.5 Å². The smallest absolute Gasteiger partial charge is 0.168 e. The highest BCUT2D eigenvalue weighted by Gasteiger charge is 2.17. The van der Waals surface area contributed by atoms with Crippen LogP contribution in [0.4, 0.5) is 13.2 Å². The molecular weight excluding hydrogens is 339 g/mol. The van der Waals surface area contributed by atoms with Crippen LogP contribution in [0.25, 0.3) is 28.5 Å². The molecule has 0 aliphatic heterocycles. The van der Waals surface area contributed by atoms with Crippen molar-refractivity contribution in [2.75, 3.05) is 0 Å². The molecule has 0 aliphatic carbocycles. The standard InChI is InChI=1S/C20H12F3N3/c21-15-5-1-13(2-6-15)19-24-25-20(14-3-7-16(22)8-4-14)26(19)18-11-9-17(23)10-12-18/h1-12H. The van der Waals surface area contributed by atoms with Crippen molar-refractivity contribution in [3.05, 3.63) is 90.2 Å². The van der Waals surface area contributed by atoms with E-state index < -0.39 is 0 Å². The van der Waals surface area contributed by atoms with Gasteiger partial charge in [-0.25, -0.2) is 13.2 Å². The van der Waals surface area contributed by atoms with Gasteiger partial charge in [-0.15, -0.1) is 10.2 Å². The van der Waals surface area contributed by atoms with Crippen LogP contribution in [0.1, 0.15) is 0 Å². The number of hydrogen-bond donors (Lipinski definition) is 0. The molecule has 0 radical (unpaired) electrons. The summed E-state index contributed by atoms with van der Waals surface area (Å²) in [5, 5.41) is 8.43. The number of rotatable bonds is 3. The Morgan fingerprint density at radius 3 is 1.23 bits per heavy atom. The van der Waals surface area contributed by atoms with Crippen LogP contribution in [0.15, 0.2) is 72.8 Å². The lowest BCUT2D eigenvalue weighted by Crippen LogP contribution is -2.00. The Hall–Kier alpha value is -3.41. The first-order valence-corrected chi connectivity index (χ1v) is 7.85. The van der Waals surface area contributed by atoms with Crippen molar-refractivity contribution in [2.24, 2.45) is 0 Å². The van der Waals surface area contributed by atoms with Gasteiger partial charge in [-0.1, -0.05) is 0 Å². The first-order valence-electron chi connectivity index (χ1n) is 7.85. The Bertz CT molecular complexity index is 974. The third-order valence-corrected chi connectivity index (χ3v) is 3.95. The second-order valence-corrected chi connectivity index (χ2v) is 5.67. The van der Waals surface area contributed by atoms with Crippen molar-refractivity contribution in [3.63, 3.8) is 0 Å². The molecular formula is C20H12F3N3. The van der Waals surface area contributed by atoms with E-state index in [1.54, 1.807) is 41.0 Å². The van der Waals surface area contributed by atoms with Crippen LogP contribution in [0.3, 0.4) is 0 Å². The van der Waals surface area contributed by atoms with Crippen LogP contribution < -0.4 is 0 Å². The molecule has 128 valence electrons. The van der Waals surface area contributed by atoms with Crippen LogP contribution in [0.2, 0.25) is 0 Å². The third-order valence-electron chi connectivity index (χ3n) is 3.95. The molecule has 3 aromatic carbocycles. The van der Waals surface area contributed by atoms with Crippen molar-refractivity contribution in [2.45, 2.75) is 0 Å². The van der Waals surface area contributed by atoms with Gasteiger partial charge in [-0.2, -0.15) is 0 Å². The summed E-state index contributed by atoms with van der Waals surface area (Å²) in [4.78, 5) is 0. The van der Waals surface area contributed by atoms with Crippen molar-refractivity contribution in [3.8, 4) is 28.5 Å². The Kier molecular flexibility index (Phi) is 4.01. The molecule has 0 unspecified atom stereocenters. The molecule has 0 spiro atoms. The quantitative estimate of drug-likeness (QED) is 0.519. The molecule has 0 atom stereocenters. The predicted molar refractivity (Wildman–Crippen MR) is 92.1 cm³/mol. The molecule has 0 bridgehead atoms. The normalized spacial score (nSPS) is 10.9. The first kappa shape index (κ1) is 16.1. The summed E-state index contributed by atoms with van der Waals surface area (Å²) in [5.41, 5.74) is 1.93. The maximum absolute atomic E-state index is 13.3. The molecule has 1 heterocycles. The fourth-order valence-electron chi connectivity index (χ4n) is 2.69. The van der Waals surface area contributed by atoms with Gasteiger partial charge in [0.05, 0.1) is 0 Å². The summed E-state index contributed by atoms with van der Waals surface area (Å²) in [5.74, 6) is -0.152.